The first-order valence-electron chi connectivity index (χ1n) is 5.85. The third kappa shape index (κ3) is 3.92. The summed E-state index contributed by atoms with van der Waals surface area (Å²) in [5.41, 5.74) is 7.82. The van der Waals surface area contributed by atoms with Gasteiger partial charge in [0.05, 0.1) is 6.04 Å². The van der Waals surface area contributed by atoms with Crippen molar-refractivity contribution in [3.05, 3.63) is 10.4 Å². The second-order valence-corrected chi connectivity index (χ2v) is 5.28. The van der Waals surface area contributed by atoms with Crippen LogP contribution in [0.5, 0.6) is 0 Å². The monoisotopic (exact) mass is 254 g/mol. The lowest BCUT2D eigenvalue weighted by molar-refractivity contribution is -0.108. The summed E-state index contributed by atoms with van der Waals surface area (Å²) in [6.45, 7) is 5.64. The highest BCUT2D eigenvalue weighted by Gasteiger charge is 2.36. The van der Waals surface area contributed by atoms with Crippen LogP contribution in [0.25, 0.3) is 10.4 Å². The van der Waals surface area contributed by atoms with Gasteiger partial charge in [0.15, 0.2) is 0 Å². The van der Waals surface area contributed by atoms with Crippen molar-refractivity contribution in [2.24, 2.45) is 5.11 Å². The molecule has 0 unspecified atom stereocenters. The second-order valence-electron chi connectivity index (χ2n) is 5.28. The lowest BCUT2D eigenvalue weighted by Crippen LogP contribution is -2.40. The summed E-state index contributed by atoms with van der Waals surface area (Å²) in [5.74, 6) is 0. The molecule has 0 aromatic rings. The largest absolute Gasteiger partial charge is 0.444 e. The lowest BCUT2D eigenvalue weighted by atomic mass is 10.1. The molecule has 0 aliphatic carbocycles. The molecule has 7 heteroatoms. The summed E-state index contributed by atoms with van der Waals surface area (Å²) < 4.78 is 5.26. The Balaban J connectivity index is 2.74. The minimum Gasteiger partial charge on any atom is -0.444 e. The van der Waals surface area contributed by atoms with Gasteiger partial charge in [-0.15, -0.1) is 0 Å². The van der Waals surface area contributed by atoms with Crippen LogP contribution in [0, 0.1) is 0 Å². The van der Waals surface area contributed by atoms with Gasteiger partial charge in [-0.1, -0.05) is 5.11 Å². The van der Waals surface area contributed by atoms with Crippen LogP contribution in [0.2, 0.25) is 0 Å². The summed E-state index contributed by atoms with van der Waals surface area (Å²) in [5, 5.41) is 3.60. The number of hydrogen-bond acceptors (Lipinski definition) is 4. The molecule has 1 heterocycles. The van der Waals surface area contributed by atoms with Crippen molar-refractivity contribution in [2.75, 3.05) is 6.54 Å². The molecule has 0 spiro atoms. The highest BCUT2D eigenvalue weighted by molar-refractivity contribution is 5.70. The Kier molecular flexibility index (Phi) is 4.55. The Morgan fingerprint density at radius 1 is 1.61 bits per heavy atom. The van der Waals surface area contributed by atoms with Gasteiger partial charge >= 0.3 is 6.09 Å². The maximum Gasteiger partial charge on any atom is 0.410 e. The number of azide groups is 1. The van der Waals surface area contributed by atoms with E-state index in [4.69, 9.17) is 10.3 Å². The average molecular weight is 254 g/mol. The molecule has 18 heavy (non-hydrogen) atoms. The maximum absolute atomic E-state index is 11.9. The molecular formula is C11H18N4O3. The van der Waals surface area contributed by atoms with Gasteiger partial charge < -0.3 is 14.4 Å². The van der Waals surface area contributed by atoms with E-state index in [-0.39, 0.29) is 18.5 Å². The number of hydrogen-bond donors (Lipinski definition) is 0. The minimum atomic E-state index is -0.584. The molecule has 0 aromatic carbocycles. The molecule has 1 aliphatic rings. The van der Waals surface area contributed by atoms with Gasteiger partial charge in [-0.3, -0.25) is 0 Å². The fraction of sp³-hybridized carbons (Fsp3) is 0.818. The van der Waals surface area contributed by atoms with E-state index in [2.05, 4.69) is 10.0 Å². The van der Waals surface area contributed by atoms with Gasteiger partial charge in [0.1, 0.15) is 11.9 Å². The first-order valence-corrected chi connectivity index (χ1v) is 5.85. The number of nitrogens with zero attached hydrogens (tertiary/aromatic N) is 4. The van der Waals surface area contributed by atoms with Gasteiger partial charge in [0, 0.05) is 23.9 Å². The van der Waals surface area contributed by atoms with Crippen LogP contribution < -0.4 is 0 Å². The molecule has 0 N–H and O–H groups in total. The Hall–Kier alpha value is -1.75. The number of carbonyl (C=O) groups excluding carboxylic acids is 2. The van der Waals surface area contributed by atoms with E-state index in [1.165, 1.54) is 4.90 Å². The number of aldehydes is 1. The molecule has 1 fully saturated rings. The quantitative estimate of drug-likeness (QED) is 0.334. The summed E-state index contributed by atoms with van der Waals surface area (Å²) >= 11 is 0. The van der Waals surface area contributed by atoms with Crippen LogP contribution in [-0.4, -0.2) is 41.5 Å². The molecule has 0 saturated carbocycles. The Bertz CT molecular complexity index is 371. The van der Waals surface area contributed by atoms with E-state index < -0.39 is 11.7 Å². The molecule has 1 amide bonds. The van der Waals surface area contributed by atoms with Crippen LogP contribution in [0.1, 0.15) is 33.6 Å². The van der Waals surface area contributed by atoms with Gasteiger partial charge in [0.2, 0.25) is 0 Å². The van der Waals surface area contributed by atoms with E-state index >= 15 is 0 Å². The number of rotatable bonds is 3. The van der Waals surface area contributed by atoms with Gasteiger partial charge in [0.25, 0.3) is 0 Å². The molecule has 7 nitrogen and oxygen atoms in total. The van der Waals surface area contributed by atoms with Crippen molar-refractivity contribution in [3.63, 3.8) is 0 Å². The van der Waals surface area contributed by atoms with E-state index in [1.807, 2.05) is 0 Å². The van der Waals surface area contributed by atoms with Crippen LogP contribution >= 0.6 is 0 Å². The van der Waals surface area contributed by atoms with Crippen molar-refractivity contribution in [1.29, 1.82) is 0 Å². The van der Waals surface area contributed by atoms with Gasteiger partial charge in [-0.05, 0) is 32.7 Å². The second kappa shape index (κ2) is 5.73. The smallest absolute Gasteiger partial charge is 0.410 e. The van der Waals surface area contributed by atoms with Gasteiger partial charge in [-0.25, -0.2) is 4.79 Å². The first kappa shape index (κ1) is 14.3. The van der Waals surface area contributed by atoms with Crippen molar-refractivity contribution in [1.82, 2.24) is 4.90 Å². The zero-order valence-electron chi connectivity index (χ0n) is 10.9. The molecule has 1 aliphatic heterocycles. The van der Waals surface area contributed by atoms with Crippen LogP contribution in [0.15, 0.2) is 5.11 Å². The van der Waals surface area contributed by atoms with E-state index in [0.29, 0.717) is 13.0 Å². The zero-order chi connectivity index (χ0) is 13.8. The van der Waals surface area contributed by atoms with Crippen molar-refractivity contribution in [2.45, 2.75) is 51.3 Å². The topological polar surface area (TPSA) is 95.4 Å². The Morgan fingerprint density at radius 3 is 2.78 bits per heavy atom. The van der Waals surface area contributed by atoms with E-state index in [0.717, 1.165) is 6.29 Å². The third-order valence-corrected chi connectivity index (χ3v) is 2.60. The molecule has 2 atom stereocenters. The molecular weight excluding hydrogens is 236 g/mol. The summed E-state index contributed by atoms with van der Waals surface area (Å²) in [7, 11) is 0. The number of ether oxygens (including phenoxy) is 1. The predicted molar refractivity (Wildman–Crippen MR) is 65.0 cm³/mol. The molecule has 0 aromatic heterocycles. The summed E-state index contributed by atoms with van der Waals surface area (Å²) in [4.78, 5) is 26.8. The van der Waals surface area contributed by atoms with Crippen LogP contribution in [0.3, 0.4) is 0 Å². The van der Waals surface area contributed by atoms with Crippen molar-refractivity contribution >= 4 is 12.4 Å². The maximum atomic E-state index is 11.9. The highest BCUT2D eigenvalue weighted by Crippen LogP contribution is 2.24. The summed E-state index contributed by atoms with van der Waals surface area (Å²) in [6.07, 6.45) is 1.03. The minimum absolute atomic E-state index is 0.233. The van der Waals surface area contributed by atoms with Crippen LogP contribution in [0.4, 0.5) is 4.79 Å². The Labute approximate surface area is 106 Å². The van der Waals surface area contributed by atoms with E-state index in [1.54, 1.807) is 20.8 Å². The number of amides is 1. The molecule has 0 bridgehead atoms. The molecule has 1 rings (SSSR count). The summed E-state index contributed by atoms with van der Waals surface area (Å²) in [6, 6.07) is -0.527. The number of carbonyl (C=O) groups is 2. The van der Waals surface area contributed by atoms with Crippen LogP contribution in [-0.2, 0) is 9.53 Å². The van der Waals surface area contributed by atoms with Gasteiger partial charge in [-0.2, -0.15) is 0 Å². The molecule has 0 radical (unpaired) electrons. The average Bonchev–Trinajstić information content (AvgIpc) is 2.60. The normalized spacial score (nSPS) is 23.4. The molecule has 1 saturated heterocycles. The Morgan fingerprint density at radius 2 is 2.28 bits per heavy atom. The third-order valence-electron chi connectivity index (χ3n) is 2.60. The predicted octanol–water partition coefficient (Wildman–Crippen LogP) is 2.26. The highest BCUT2D eigenvalue weighted by atomic mass is 16.6. The zero-order valence-corrected chi connectivity index (χ0v) is 10.9. The number of likely N-dealkylation sites (tertiary alicyclic amines) is 1. The fourth-order valence-electron chi connectivity index (χ4n) is 1.93. The van der Waals surface area contributed by atoms with E-state index in [9.17, 15) is 9.59 Å². The SMILES string of the molecule is CC(C)(C)OC(=O)N1C[C@H](N=[N+]=[N-])C[C@@H]1CC=O. The van der Waals surface area contributed by atoms with Crippen molar-refractivity contribution in [3.8, 4) is 0 Å². The van der Waals surface area contributed by atoms with Crippen molar-refractivity contribution < 1.29 is 14.3 Å². The standard InChI is InChI=1S/C11H18N4O3/c1-11(2,3)18-10(17)15-7-8(13-14-12)6-9(15)4-5-16/h5,8-9H,4,6-7H2,1-3H3/t8-,9+/m1/s1. The fourth-order valence-corrected chi connectivity index (χ4v) is 1.93. The first-order chi connectivity index (χ1) is 8.37. The molecule has 100 valence electrons. The lowest BCUT2D eigenvalue weighted by Gasteiger charge is -2.27.